The highest BCUT2D eigenvalue weighted by molar-refractivity contribution is 5.97. The highest BCUT2D eigenvalue weighted by Gasteiger charge is 2.26. The van der Waals surface area contributed by atoms with Crippen LogP contribution in [0.25, 0.3) is 0 Å². The van der Waals surface area contributed by atoms with Crippen LogP contribution >= 0.6 is 0 Å². The second kappa shape index (κ2) is 7.40. The van der Waals surface area contributed by atoms with Crippen molar-refractivity contribution in [1.82, 2.24) is 10.2 Å². The van der Waals surface area contributed by atoms with Crippen molar-refractivity contribution in [3.05, 3.63) is 35.4 Å². The van der Waals surface area contributed by atoms with E-state index in [0.717, 1.165) is 18.4 Å². The Morgan fingerprint density at radius 3 is 2.64 bits per heavy atom. The number of nitrogens with zero attached hydrogens (tertiary/aromatic N) is 1. The Balaban J connectivity index is 1.90. The summed E-state index contributed by atoms with van der Waals surface area (Å²) < 4.78 is 0. The van der Waals surface area contributed by atoms with E-state index in [4.69, 9.17) is 5.11 Å². The summed E-state index contributed by atoms with van der Waals surface area (Å²) in [5.41, 5.74) is 1.58. The monoisotopic (exact) mass is 304 g/mol. The van der Waals surface area contributed by atoms with E-state index in [2.05, 4.69) is 5.32 Å². The molecule has 5 heteroatoms. The lowest BCUT2D eigenvalue weighted by Gasteiger charge is -2.33. The lowest BCUT2D eigenvalue weighted by molar-refractivity contribution is -0.134. The molecule has 0 saturated carbocycles. The number of rotatable bonds is 4. The normalized spacial score (nSPS) is 17.1. The molecular formula is C17H24N2O3. The van der Waals surface area contributed by atoms with Gasteiger partial charge in [0.15, 0.2) is 0 Å². The van der Waals surface area contributed by atoms with Crippen molar-refractivity contribution in [3.63, 3.8) is 0 Å². The van der Waals surface area contributed by atoms with Gasteiger partial charge in [-0.3, -0.25) is 9.59 Å². The third-order valence-electron chi connectivity index (χ3n) is 4.18. The number of carbonyl (C=O) groups is 2. The number of aryl methyl sites for hydroxylation is 1. The largest absolute Gasteiger partial charge is 0.396 e. The summed E-state index contributed by atoms with van der Waals surface area (Å²) in [5, 5.41) is 11.9. The van der Waals surface area contributed by atoms with Gasteiger partial charge in [-0.1, -0.05) is 17.7 Å². The van der Waals surface area contributed by atoms with Gasteiger partial charge in [-0.15, -0.1) is 0 Å². The van der Waals surface area contributed by atoms with Crippen LogP contribution in [0.15, 0.2) is 24.3 Å². The fraction of sp³-hybridized carbons (Fsp3) is 0.529. The van der Waals surface area contributed by atoms with Gasteiger partial charge in [-0.25, -0.2) is 0 Å². The topological polar surface area (TPSA) is 69.6 Å². The van der Waals surface area contributed by atoms with Crippen molar-refractivity contribution in [2.45, 2.75) is 32.7 Å². The van der Waals surface area contributed by atoms with Crippen LogP contribution in [0.2, 0.25) is 0 Å². The van der Waals surface area contributed by atoms with Crippen molar-refractivity contribution in [3.8, 4) is 0 Å². The number of aliphatic hydroxyl groups is 1. The Labute approximate surface area is 131 Å². The third kappa shape index (κ3) is 4.07. The van der Waals surface area contributed by atoms with Crippen molar-refractivity contribution in [2.24, 2.45) is 5.92 Å². The van der Waals surface area contributed by atoms with Crippen molar-refractivity contribution >= 4 is 11.8 Å². The molecule has 1 fully saturated rings. The fourth-order valence-electron chi connectivity index (χ4n) is 2.74. The van der Waals surface area contributed by atoms with Gasteiger partial charge >= 0.3 is 0 Å². The number of hydrogen-bond acceptors (Lipinski definition) is 3. The molecule has 1 heterocycles. The molecule has 1 aromatic carbocycles. The zero-order chi connectivity index (χ0) is 16.1. The SMILES string of the molecule is Cc1cccc(C(=O)NC(C)C(=O)N2CCC(CO)CC2)c1. The van der Waals surface area contributed by atoms with Gasteiger partial charge in [0.05, 0.1) is 0 Å². The minimum atomic E-state index is -0.543. The zero-order valence-electron chi connectivity index (χ0n) is 13.2. The van der Waals surface area contributed by atoms with Crippen LogP contribution in [0.4, 0.5) is 0 Å². The highest BCUT2D eigenvalue weighted by Crippen LogP contribution is 2.17. The minimum absolute atomic E-state index is 0.0580. The molecule has 0 bridgehead atoms. The van der Waals surface area contributed by atoms with E-state index in [9.17, 15) is 9.59 Å². The molecule has 2 amide bonds. The van der Waals surface area contributed by atoms with Crippen LogP contribution < -0.4 is 5.32 Å². The molecule has 2 rings (SSSR count). The second-order valence-electron chi connectivity index (χ2n) is 6.02. The lowest BCUT2D eigenvalue weighted by Crippen LogP contribution is -2.49. The van der Waals surface area contributed by atoms with E-state index in [1.165, 1.54) is 0 Å². The first kappa shape index (κ1) is 16.5. The van der Waals surface area contributed by atoms with E-state index in [0.29, 0.717) is 24.6 Å². The Morgan fingerprint density at radius 2 is 2.05 bits per heavy atom. The van der Waals surface area contributed by atoms with Crippen LogP contribution in [-0.4, -0.2) is 47.6 Å². The number of amides is 2. The second-order valence-corrected chi connectivity index (χ2v) is 6.02. The molecule has 5 nitrogen and oxygen atoms in total. The summed E-state index contributed by atoms with van der Waals surface area (Å²) >= 11 is 0. The number of hydrogen-bond donors (Lipinski definition) is 2. The minimum Gasteiger partial charge on any atom is -0.396 e. The zero-order valence-corrected chi connectivity index (χ0v) is 13.2. The maximum Gasteiger partial charge on any atom is 0.251 e. The summed E-state index contributed by atoms with van der Waals surface area (Å²) in [6.07, 6.45) is 1.64. The smallest absolute Gasteiger partial charge is 0.251 e. The molecule has 120 valence electrons. The Kier molecular flexibility index (Phi) is 5.55. The van der Waals surface area contributed by atoms with Crippen LogP contribution in [0.1, 0.15) is 35.7 Å². The molecule has 0 aliphatic carbocycles. The Bertz CT molecular complexity index is 536. The molecule has 22 heavy (non-hydrogen) atoms. The number of likely N-dealkylation sites (tertiary alicyclic amines) is 1. The summed E-state index contributed by atoms with van der Waals surface area (Å²) in [6.45, 7) is 5.12. The van der Waals surface area contributed by atoms with E-state index in [-0.39, 0.29) is 18.4 Å². The van der Waals surface area contributed by atoms with Crippen molar-refractivity contribution < 1.29 is 14.7 Å². The maximum absolute atomic E-state index is 12.4. The molecule has 1 unspecified atom stereocenters. The summed E-state index contributed by atoms with van der Waals surface area (Å²) in [6, 6.07) is 6.76. The van der Waals surface area contributed by atoms with Crippen LogP contribution in [-0.2, 0) is 4.79 Å². The highest BCUT2D eigenvalue weighted by atomic mass is 16.3. The number of aliphatic hydroxyl groups excluding tert-OH is 1. The molecule has 0 spiro atoms. The third-order valence-corrected chi connectivity index (χ3v) is 4.18. The first-order chi connectivity index (χ1) is 10.5. The number of carbonyl (C=O) groups excluding carboxylic acids is 2. The summed E-state index contributed by atoms with van der Waals surface area (Å²) in [7, 11) is 0. The molecule has 1 aromatic rings. The first-order valence-electron chi connectivity index (χ1n) is 7.78. The van der Waals surface area contributed by atoms with Gasteiger partial charge in [0.25, 0.3) is 5.91 Å². The molecule has 1 saturated heterocycles. The van der Waals surface area contributed by atoms with Gasteiger partial charge < -0.3 is 15.3 Å². The van der Waals surface area contributed by atoms with Gasteiger partial charge in [0.2, 0.25) is 5.91 Å². The molecule has 1 aliphatic heterocycles. The first-order valence-corrected chi connectivity index (χ1v) is 7.78. The Morgan fingerprint density at radius 1 is 1.36 bits per heavy atom. The summed E-state index contributed by atoms with van der Waals surface area (Å²) in [4.78, 5) is 26.3. The number of benzene rings is 1. The van der Waals surface area contributed by atoms with Gasteiger partial charge in [0, 0.05) is 25.3 Å². The van der Waals surface area contributed by atoms with E-state index >= 15 is 0 Å². The van der Waals surface area contributed by atoms with Crippen molar-refractivity contribution in [1.29, 1.82) is 0 Å². The fourth-order valence-corrected chi connectivity index (χ4v) is 2.74. The molecule has 1 aliphatic rings. The van der Waals surface area contributed by atoms with Gasteiger partial charge in [-0.05, 0) is 44.7 Å². The average molecular weight is 304 g/mol. The van der Waals surface area contributed by atoms with Crippen LogP contribution in [0.3, 0.4) is 0 Å². The molecule has 1 atom stereocenters. The van der Waals surface area contributed by atoms with Gasteiger partial charge in [-0.2, -0.15) is 0 Å². The van der Waals surface area contributed by atoms with E-state index < -0.39 is 6.04 Å². The molecule has 0 radical (unpaired) electrons. The predicted molar refractivity (Wildman–Crippen MR) is 84.5 cm³/mol. The lowest BCUT2D eigenvalue weighted by atomic mass is 9.97. The average Bonchev–Trinajstić information content (AvgIpc) is 2.54. The van der Waals surface area contributed by atoms with Crippen LogP contribution in [0.5, 0.6) is 0 Å². The van der Waals surface area contributed by atoms with Crippen molar-refractivity contribution in [2.75, 3.05) is 19.7 Å². The molecular weight excluding hydrogens is 280 g/mol. The quantitative estimate of drug-likeness (QED) is 0.882. The Hall–Kier alpha value is -1.88. The van der Waals surface area contributed by atoms with E-state index in [1.807, 2.05) is 19.1 Å². The number of nitrogens with one attached hydrogen (secondary N) is 1. The van der Waals surface area contributed by atoms with Crippen LogP contribution in [0, 0.1) is 12.8 Å². The predicted octanol–water partition coefficient (Wildman–Crippen LogP) is 1.34. The van der Waals surface area contributed by atoms with E-state index in [1.54, 1.807) is 24.0 Å². The number of piperidine rings is 1. The van der Waals surface area contributed by atoms with Gasteiger partial charge in [0.1, 0.15) is 6.04 Å². The molecule has 0 aromatic heterocycles. The molecule has 2 N–H and O–H groups in total. The summed E-state index contributed by atoms with van der Waals surface area (Å²) in [5.74, 6) is 0.00780. The standard InChI is InChI=1S/C17H24N2O3/c1-12-4-3-5-15(10-12)16(21)18-13(2)17(22)19-8-6-14(11-20)7-9-19/h3-5,10,13-14,20H,6-9,11H2,1-2H3,(H,18,21). The maximum atomic E-state index is 12.4.